The Morgan fingerprint density at radius 1 is 1.32 bits per heavy atom. The van der Waals surface area contributed by atoms with Gasteiger partial charge < -0.3 is 19.4 Å². The summed E-state index contributed by atoms with van der Waals surface area (Å²) in [6, 6.07) is 3.40. The van der Waals surface area contributed by atoms with Crippen LogP contribution in [0.3, 0.4) is 0 Å². The summed E-state index contributed by atoms with van der Waals surface area (Å²) >= 11 is 6.39. The Morgan fingerprint density at radius 2 is 2.08 bits per heavy atom. The van der Waals surface area contributed by atoms with Gasteiger partial charge in [0.2, 0.25) is 0 Å². The molecule has 130 valence electrons. The molecule has 0 saturated carbocycles. The number of pyridine rings is 1. The van der Waals surface area contributed by atoms with Gasteiger partial charge in [0.05, 0.1) is 31.6 Å². The molecule has 0 aliphatic carbocycles. The number of nitrogens with zero attached hydrogens (tertiary/aromatic N) is 3. The molecule has 3 rings (SSSR count). The Morgan fingerprint density at radius 3 is 2.72 bits per heavy atom. The third-order valence-corrected chi connectivity index (χ3v) is 4.22. The minimum absolute atomic E-state index is 0.223. The molecule has 0 spiro atoms. The fourth-order valence-electron chi connectivity index (χ4n) is 2.73. The number of ether oxygens (including phenoxy) is 2. The van der Waals surface area contributed by atoms with Crippen molar-refractivity contribution in [1.29, 1.82) is 0 Å². The first-order valence-corrected chi connectivity index (χ1v) is 7.87. The number of benzene rings is 1. The summed E-state index contributed by atoms with van der Waals surface area (Å²) in [6.07, 6.45) is 4.78. The van der Waals surface area contributed by atoms with Crippen LogP contribution in [-0.4, -0.2) is 34.7 Å². The van der Waals surface area contributed by atoms with Gasteiger partial charge in [-0.05, 0) is 12.1 Å². The lowest BCUT2D eigenvalue weighted by molar-refractivity contribution is 0.0950. The Balaban J connectivity index is 2.04. The Kier molecular flexibility index (Phi) is 4.76. The molecule has 0 atom stereocenters. The highest BCUT2D eigenvalue weighted by Gasteiger charge is 2.23. The molecule has 0 saturated heterocycles. The van der Waals surface area contributed by atoms with Crippen molar-refractivity contribution in [2.75, 3.05) is 14.2 Å². The van der Waals surface area contributed by atoms with Crippen LogP contribution in [0.4, 0.5) is 0 Å². The van der Waals surface area contributed by atoms with E-state index in [0.717, 1.165) is 11.1 Å². The van der Waals surface area contributed by atoms with Crippen molar-refractivity contribution in [3.05, 3.63) is 47.0 Å². The molecule has 2 heterocycles. The summed E-state index contributed by atoms with van der Waals surface area (Å²) < 4.78 is 12.7. The van der Waals surface area contributed by atoms with E-state index in [1.807, 2.05) is 11.6 Å². The van der Waals surface area contributed by atoms with Crippen molar-refractivity contribution in [3.8, 4) is 11.5 Å². The van der Waals surface area contributed by atoms with Gasteiger partial charge in [0, 0.05) is 31.5 Å². The normalized spacial score (nSPS) is 10.7. The van der Waals surface area contributed by atoms with E-state index in [-0.39, 0.29) is 12.5 Å². The van der Waals surface area contributed by atoms with E-state index in [4.69, 9.17) is 21.1 Å². The molecule has 0 aliphatic heterocycles. The molecule has 1 N–H and O–H groups in total. The fraction of sp³-hybridized carbons (Fsp3) is 0.235. The second kappa shape index (κ2) is 6.98. The maximum atomic E-state index is 12.3. The molecule has 7 nitrogen and oxygen atoms in total. The van der Waals surface area contributed by atoms with Gasteiger partial charge in [-0.3, -0.25) is 9.78 Å². The first-order chi connectivity index (χ1) is 12.1. The lowest BCUT2D eigenvalue weighted by Gasteiger charge is -2.17. The number of amides is 1. The number of fused-ring (bicyclic) bond motifs is 1. The topological polar surface area (TPSA) is 78.3 Å². The van der Waals surface area contributed by atoms with E-state index in [9.17, 15) is 4.79 Å². The second-order valence-electron chi connectivity index (χ2n) is 5.34. The number of imidazole rings is 1. The van der Waals surface area contributed by atoms with Crippen LogP contribution in [0, 0.1) is 0 Å². The van der Waals surface area contributed by atoms with Crippen molar-refractivity contribution in [2.45, 2.75) is 6.54 Å². The van der Waals surface area contributed by atoms with E-state index < -0.39 is 0 Å². The van der Waals surface area contributed by atoms with Crippen LogP contribution < -0.4 is 14.8 Å². The molecule has 0 aliphatic rings. The number of carbonyl (C=O) groups excluding carboxylic acids is 1. The van der Waals surface area contributed by atoms with E-state index in [0.29, 0.717) is 27.6 Å². The van der Waals surface area contributed by atoms with Gasteiger partial charge in [0.25, 0.3) is 5.91 Å². The predicted octanol–water partition coefficient (Wildman–Crippen LogP) is 2.57. The zero-order valence-corrected chi connectivity index (χ0v) is 14.8. The quantitative estimate of drug-likeness (QED) is 0.756. The summed E-state index contributed by atoms with van der Waals surface area (Å²) in [5, 5.41) is 3.24. The van der Waals surface area contributed by atoms with Crippen molar-refractivity contribution < 1.29 is 14.3 Å². The standard InChI is InChI=1S/C17H17ClN4O3/c1-22-9-21-13-12(18)16(25-3)15(24-2)11(14(13)22)8-20-17(23)10-5-4-6-19-7-10/h4-7,9H,8H2,1-3H3,(H,20,23). The summed E-state index contributed by atoms with van der Waals surface area (Å²) in [4.78, 5) is 20.6. The van der Waals surface area contributed by atoms with Crippen LogP contribution >= 0.6 is 11.6 Å². The Hall–Kier alpha value is -2.80. The van der Waals surface area contributed by atoms with Gasteiger partial charge >= 0.3 is 0 Å². The molecular weight excluding hydrogens is 344 g/mol. The highest BCUT2D eigenvalue weighted by Crippen LogP contribution is 2.43. The van der Waals surface area contributed by atoms with Crippen molar-refractivity contribution in [1.82, 2.24) is 19.9 Å². The summed E-state index contributed by atoms with van der Waals surface area (Å²) in [5.74, 6) is 0.621. The van der Waals surface area contributed by atoms with Gasteiger partial charge in [-0.25, -0.2) is 4.98 Å². The maximum Gasteiger partial charge on any atom is 0.253 e. The number of hydrogen-bond acceptors (Lipinski definition) is 5. The lowest BCUT2D eigenvalue weighted by atomic mass is 10.1. The number of carbonyl (C=O) groups is 1. The summed E-state index contributed by atoms with van der Waals surface area (Å²) in [5.41, 5.74) is 2.57. The third kappa shape index (κ3) is 2.98. The van der Waals surface area contributed by atoms with E-state index in [1.54, 1.807) is 24.7 Å². The molecule has 2 aromatic heterocycles. The van der Waals surface area contributed by atoms with Crippen LogP contribution in [0.1, 0.15) is 15.9 Å². The number of aromatic nitrogens is 3. The number of methoxy groups -OCH3 is 2. The largest absolute Gasteiger partial charge is 0.492 e. The van der Waals surface area contributed by atoms with E-state index in [2.05, 4.69) is 15.3 Å². The maximum absolute atomic E-state index is 12.3. The highest BCUT2D eigenvalue weighted by molar-refractivity contribution is 6.37. The van der Waals surface area contributed by atoms with E-state index >= 15 is 0 Å². The second-order valence-corrected chi connectivity index (χ2v) is 5.71. The zero-order valence-electron chi connectivity index (χ0n) is 14.0. The van der Waals surface area contributed by atoms with Crippen LogP contribution in [0.5, 0.6) is 11.5 Å². The Bertz CT molecular complexity index is 925. The number of nitrogens with one attached hydrogen (secondary N) is 1. The summed E-state index contributed by atoms with van der Waals surface area (Å²) in [7, 11) is 4.89. The van der Waals surface area contributed by atoms with Crippen LogP contribution in [0.25, 0.3) is 11.0 Å². The molecule has 0 bridgehead atoms. The molecule has 0 fully saturated rings. The average molecular weight is 361 g/mol. The van der Waals surface area contributed by atoms with E-state index in [1.165, 1.54) is 20.4 Å². The van der Waals surface area contributed by atoms with Gasteiger partial charge in [-0.2, -0.15) is 0 Å². The molecular formula is C17H17ClN4O3. The number of aryl methyl sites for hydroxylation is 1. The lowest BCUT2D eigenvalue weighted by Crippen LogP contribution is -2.23. The molecule has 0 radical (unpaired) electrons. The molecule has 1 amide bonds. The fourth-order valence-corrected chi connectivity index (χ4v) is 3.03. The molecule has 8 heteroatoms. The van der Waals surface area contributed by atoms with Crippen molar-refractivity contribution in [3.63, 3.8) is 0 Å². The van der Waals surface area contributed by atoms with Crippen LogP contribution in [-0.2, 0) is 13.6 Å². The SMILES string of the molecule is COc1c(OC)c(CNC(=O)c2cccnc2)c2c(ncn2C)c1Cl. The van der Waals surface area contributed by atoms with Crippen LogP contribution in [0.15, 0.2) is 30.9 Å². The number of halogens is 1. The minimum Gasteiger partial charge on any atom is -0.492 e. The van der Waals surface area contributed by atoms with Crippen molar-refractivity contribution >= 4 is 28.5 Å². The van der Waals surface area contributed by atoms with Gasteiger partial charge in [-0.1, -0.05) is 11.6 Å². The average Bonchev–Trinajstić information content (AvgIpc) is 3.03. The van der Waals surface area contributed by atoms with Gasteiger partial charge in [0.15, 0.2) is 11.5 Å². The summed E-state index contributed by atoms with van der Waals surface area (Å²) in [6.45, 7) is 0.223. The van der Waals surface area contributed by atoms with Gasteiger partial charge in [0.1, 0.15) is 10.5 Å². The third-order valence-electron chi connectivity index (χ3n) is 3.87. The molecule has 0 unspecified atom stereocenters. The van der Waals surface area contributed by atoms with Crippen LogP contribution in [0.2, 0.25) is 5.02 Å². The van der Waals surface area contributed by atoms with Crippen molar-refractivity contribution in [2.24, 2.45) is 7.05 Å². The highest BCUT2D eigenvalue weighted by atomic mass is 35.5. The first-order valence-electron chi connectivity index (χ1n) is 7.50. The number of hydrogen-bond donors (Lipinski definition) is 1. The number of rotatable bonds is 5. The molecule has 3 aromatic rings. The Labute approximate surface area is 149 Å². The first kappa shape index (κ1) is 17.0. The molecule has 25 heavy (non-hydrogen) atoms. The predicted molar refractivity (Wildman–Crippen MR) is 94.2 cm³/mol. The smallest absolute Gasteiger partial charge is 0.253 e. The van der Waals surface area contributed by atoms with Gasteiger partial charge in [-0.15, -0.1) is 0 Å². The monoisotopic (exact) mass is 360 g/mol. The molecule has 1 aromatic carbocycles. The zero-order chi connectivity index (χ0) is 18.0. The minimum atomic E-state index is -0.237.